The Bertz CT molecular complexity index is 393. The first-order chi connectivity index (χ1) is 7.10. The summed E-state index contributed by atoms with van der Waals surface area (Å²) in [5, 5.41) is 0. The zero-order valence-corrected chi connectivity index (χ0v) is 9.31. The molecule has 0 bridgehead atoms. The molecule has 0 heterocycles. The molecule has 2 N–H and O–H groups in total. The van der Waals surface area contributed by atoms with E-state index in [1.54, 1.807) is 6.92 Å². The van der Waals surface area contributed by atoms with E-state index in [4.69, 9.17) is 22.1 Å². The van der Waals surface area contributed by atoms with Crippen molar-refractivity contribution in [1.29, 1.82) is 0 Å². The molecule has 0 saturated heterocycles. The third-order valence-electron chi connectivity index (χ3n) is 1.92. The number of hydrogen-bond donors (Lipinski definition) is 1. The van der Waals surface area contributed by atoms with Crippen LogP contribution in [0.15, 0.2) is 17.1 Å². The van der Waals surface area contributed by atoms with Gasteiger partial charge in [-0.15, -0.1) is 11.6 Å². The van der Waals surface area contributed by atoms with Gasteiger partial charge in [0.1, 0.15) is 23.1 Å². The van der Waals surface area contributed by atoms with Gasteiger partial charge in [-0.2, -0.15) is 0 Å². The van der Waals surface area contributed by atoms with Gasteiger partial charge in [0.25, 0.3) is 0 Å². The largest absolute Gasteiger partial charge is 0.494 e. The summed E-state index contributed by atoms with van der Waals surface area (Å²) in [5.74, 6) is 0.429. The minimum atomic E-state index is -0.338. The number of methoxy groups -OCH3 is 1. The van der Waals surface area contributed by atoms with Gasteiger partial charge in [-0.25, -0.2) is 9.38 Å². The SMILES string of the molecule is COc1c(N=C(N)CCl)ccc(F)c1C. The normalized spacial score (nSPS) is 11.6. The molecule has 0 aromatic heterocycles. The van der Waals surface area contributed by atoms with Crippen molar-refractivity contribution in [2.24, 2.45) is 10.7 Å². The van der Waals surface area contributed by atoms with Crippen LogP contribution in [-0.4, -0.2) is 18.8 Å². The number of benzene rings is 1. The van der Waals surface area contributed by atoms with Crippen LogP contribution in [0.3, 0.4) is 0 Å². The molecule has 0 radical (unpaired) electrons. The van der Waals surface area contributed by atoms with E-state index in [1.807, 2.05) is 0 Å². The molecule has 0 unspecified atom stereocenters. The van der Waals surface area contributed by atoms with E-state index in [2.05, 4.69) is 4.99 Å². The standard InChI is InChI=1S/C10H12ClFN2O/c1-6-7(12)3-4-8(10(6)15-2)14-9(13)5-11/h3-4H,5H2,1-2H3,(H2,13,14). The molecule has 0 saturated carbocycles. The maximum Gasteiger partial charge on any atom is 0.150 e. The van der Waals surface area contributed by atoms with Gasteiger partial charge >= 0.3 is 0 Å². The molecule has 1 aromatic rings. The topological polar surface area (TPSA) is 47.6 Å². The lowest BCUT2D eigenvalue weighted by Gasteiger charge is -2.08. The van der Waals surface area contributed by atoms with Crippen LogP contribution in [-0.2, 0) is 0 Å². The molecule has 1 aromatic carbocycles. The second-order valence-electron chi connectivity index (χ2n) is 2.96. The molecular formula is C10H12ClFN2O. The summed E-state index contributed by atoms with van der Waals surface area (Å²) in [5.41, 5.74) is 6.37. The Morgan fingerprint density at radius 3 is 2.80 bits per heavy atom. The summed E-state index contributed by atoms with van der Waals surface area (Å²) < 4.78 is 18.2. The molecule has 0 aliphatic heterocycles. The van der Waals surface area contributed by atoms with E-state index in [0.717, 1.165) is 0 Å². The van der Waals surface area contributed by atoms with Crippen molar-refractivity contribution in [1.82, 2.24) is 0 Å². The van der Waals surface area contributed by atoms with Crippen LogP contribution in [0.2, 0.25) is 0 Å². The highest BCUT2D eigenvalue weighted by Crippen LogP contribution is 2.32. The fraction of sp³-hybridized carbons (Fsp3) is 0.300. The summed E-state index contributed by atoms with van der Waals surface area (Å²) in [7, 11) is 1.46. The summed E-state index contributed by atoms with van der Waals surface area (Å²) >= 11 is 5.50. The molecule has 82 valence electrons. The molecule has 0 fully saturated rings. The Labute approximate surface area is 92.7 Å². The average molecular weight is 231 g/mol. The second kappa shape index (κ2) is 4.98. The zero-order chi connectivity index (χ0) is 11.4. The Balaban J connectivity index is 3.25. The second-order valence-corrected chi connectivity index (χ2v) is 3.23. The highest BCUT2D eigenvalue weighted by Gasteiger charge is 2.09. The first kappa shape index (κ1) is 11.8. The van der Waals surface area contributed by atoms with Crippen LogP contribution < -0.4 is 10.5 Å². The smallest absolute Gasteiger partial charge is 0.150 e. The molecule has 15 heavy (non-hydrogen) atoms. The maximum atomic E-state index is 13.2. The summed E-state index contributed by atoms with van der Waals surface area (Å²) in [6.45, 7) is 1.62. The van der Waals surface area contributed by atoms with Gasteiger partial charge in [-0.05, 0) is 19.1 Å². The lowest BCUT2D eigenvalue weighted by Crippen LogP contribution is -2.12. The van der Waals surface area contributed by atoms with Crippen molar-refractivity contribution < 1.29 is 9.13 Å². The number of hydrogen-bond acceptors (Lipinski definition) is 2. The van der Waals surface area contributed by atoms with Crippen molar-refractivity contribution >= 4 is 23.1 Å². The molecule has 0 aliphatic carbocycles. The van der Waals surface area contributed by atoms with Gasteiger partial charge < -0.3 is 10.5 Å². The first-order valence-corrected chi connectivity index (χ1v) is 4.85. The van der Waals surface area contributed by atoms with E-state index < -0.39 is 0 Å². The number of nitrogens with zero attached hydrogens (tertiary/aromatic N) is 1. The lowest BCUT2D eigenvalue weighted by atomic mass is 10.2. The lowest BCUT2D eigenvalue weighted by molar-refractivity contribution is 0.408. The fourth-order valence-corrected chi connectivity index (χ4v) is 1.24. The summed E-state index contributed by atoms with van der Waals surface area (Å²) in [6.07, 6.45) is 0. The third-order valence-corrected chi connectivity index (χ3v) is 2.20. The fourth-order valence-electron chi connectivity index (χ4n) is 1.18. The average Bonchev–Trinajstić information content (AvgIpc) is 2.24. The minimum absolute atomic E-state index is 0.125. The molecule has 0 spiro atoms. The number of ether oxygens (including phenoxy) is 1. The number of halogens is 2. The highest BCUT2D eigenvalue weighted by atomic mass is 35.5. The Morgan fingerprint density at radius 2 is 2.27 bits per heavy atom. The number of alkyl halides is 1. The van der Waals surface area contributed by atoms with Crippen molar-refractivity contribution in [2.45, 2.75) is 6.92 Å². The molecule has 3 nitrogen and oxygen atoms in total. The summed E-state index contributed by atoms with van der Waals surface area (Å²) in [6, 6.07) is 2.82. The van der Waals surface area contributed by atoms with Crippen LogP contribution in [0.1, 0.15) is 5.56 Å². The van der Waals surface area contributed by atoms with Crippen molar-refractivity contribution in [3.05, 3.63) is 23.5 Å². The van der Waals surface area contributed by atoms with Crippen LogP contribution in [0.4, 0.5) is 10.1 Å². The van der Waals surface area contributed by atoms with E-state index in [1.165, 1.54) is 19.2 Å². The quantitative estimate of drug-likeness (QED) is 0.492. The van der Waals surface area contributed by atoms with Gasteiger partial charge in [0.05, 0.1) is 13.0 Å². The number of amidine groups is 1. The van der Waals surface area contributed by atoms with Crippen molar-refractivity contribution in [2.75, 3.05) is 13.0 Å². The predicted molar refractivity (Wildman–Crippen MR) is 59.7 cm³/mol. The highest BCUT2D eigenvalue weighted by molar-refractivity contribution is 6.28. The van der Waals surface area contributed by atoms with E-state index in [0.29, 0.717) is 17.0 Å². The van der Waals surface area contributed by atoms with Gasteiger partial charge in [-0.3, -0.25) is 0 Å². The molecule has 0 amide bonds. The van der Waals surface area contributed by atoms with Gasteiger partial charge in [0, 0.05) is 5.56 Å². The van der Waals surface area contributed by atoms with Crippen LogP contribution >= 0.6 is 11.6 Å². The molecule has 5 heteroatoms. The molecule has 0 atom stereocenters. The Hall–Kier alpha value is -1.29. The van der Waals surface area contributed by atoms with E-state index >= 15 is 0 Å². The van der Waals surface area contributed by atoms with Crippen LogP contribution in [0.5, 0.6) is 5.75 Å². The van der Waals surface area contributed by atoms with Crippen LogP contribution in [0, 0.1) is 12.7 Å². The van der Waals surface area contributed by atoms with Gasteiger partial charge in [0.15, 0.2) is 0 Å². The Kier molecular flexibility index (Phi) is 3.91. The number of aliphatic imine (C=N–C) groups is 1. The van der Waals surface area contributed by atoms with Crippen LogP contribution in [0.25, 0.3) is 0 Å². The minimum Gasteiger partial charge on any atom is -0.494 e. The van der Waals surface area contributed by atoms with Crippen molar-refractivity contribution in [3.8, 4) is 5.75 Å². The predicted octanol–water partition coefficient (Wildman–Crippen LogP) is 2.37. The van der Waals surface area contributed by atoms with Gasteiger partial charge in [-0.1, -0.05) is 0 Å². The zero-order valence-electron chi connectivity index (χ0n) is 8.55. The molecular weight excluding hydrogens is 219 g/mol. The first-order valence-electron chi connectivity index (χ1n) is 4.32. The monoisotopic (exact) mass is 230 g/mol. The third kappa shape index (κ3) is 2.59. The van der Waals surface area contributed by atoms with E-state index in [-0.39, 0.29) is 17.5 Å². The molecule has 1 rings (SSSR count). The summed E-state index contributed by atoms with van der Waals surface area (Å²) in [4.78, 5) is 4.02. The Morgan fingerprint density at radius 1 is 1.60 bits per heavy atom. The maximum absolute atomic E-state index is 13.2. The molecule has 0 aliphatic rings. The number of nitrogens with two attached hydrogens (primary N) is 1. The van der Waals surface area contributed by atoms with E-state index in [9.17, 15) is 4.39 Å². The number of rotatable bonds is 3. The van der Waals surface area contributed by atoms with Crippen molar-refractivity contribution in [3.63, 3.8) is 0 Å². The van der Waals surface area contributed by atoms with Gasteiger partial charge in [0.2, 0.25) is 0 Å².